The molecule has 0 radical (unpaired) electrons. The van der Waals surface area contributed by atoms with Crippen molar-refractivity contribution in [3.8, 4) is 0 Å². The van der Waals surface area contributed by atoms with Crippen LogP contribution in [-0.2, 0) is 14.3 Å². The fourth-order valence-electron chi connectivity index (χ4n) is 1.94. The number of hydrogen-bond donors (Lipinski definition) is 3. The predicted molar refractivity (Wildman–Crippen MR) is 86.0 cm³/mol. The van der Waals surface area contributed by atoms with Crippen molar-refractivity contribution >= 4 is 23.8 Å². The lowest BCUT2D eigenvalue weighted by Crippen LogP contribution is -2.46. The molecule has 4 N–H and O–H groups in total. The Hall–Kier alpha value is -2.90. The summed E-state index contributed by atoms with van der Waals surface area (Å²) in [6.45, 7) is 4.58. The van der Waals surface area contributed by atoms with Gasteiger partial charge in [-0.25, -0.2) is 9.59 Å². The number of esters is 1. The molecule has 0 aliphatic heterocycles. The highest BCUT2D eigenvalue weighted by Gasteiger charge is 2.27. The van der Waals surface area contributed by atoms with Crippen molar-refractivity contribution in [2.45, 2.75) is 26.8 Å². The predicted octanol–water partition coefficient (Wildman–Crippen LogP) is 0.488. The minimum absolute atomic E-state index is 0.260. The maximum absolute atomic E-state index is 12.3. The van der Waals surface area contributed by atoms with E-state index in [-0.39, 0.29) is 5.92 Å². The average Bonchev–Trinajstić information content (AvgIpc) is 2.49. The number of imide groups is 1. The third-order valence-corrected chi connectivity index (χ3v) is 3.21. The summed E-state index contributed by atoms with van der Waals surface area (Å²) in [5.41, 5.74) is 6.00. The number of rotatable bonds is 6. The van der Waals surface area contributed by atoms with Gasteiger partial charge in [0, 0.05) is 5.56 Å². The Labute approximate surface area is 139 Å². The largest absolute Gasteiger partial charge is 0.454 e. The van der Waals surface area contributed by atoms with Gasteiger partial charge in [0.2, 0.25) is 0 Å². The van der Waals surface area contributed by atoms with Gasteiger partial charge in [0.15, 0.2) is 6.61 Å². The number of hydrogen-bond acceptors (Lipinski definition) is 5. The fraction of sp³-hybridized carbons (Fsp3) is 0.375. The summed E-state index contributed by atoms with van der Waals surface area (Å²) in [6, 6.07) is 4.98. The van der Waals surface area contributed by atoms with E-state index in [0.717, 1.165) is 5.56 Å². The Kier molecular flexibility index (Phi) is 6.91. The maximum Gasteiger partial charge on any atom is 0.329 e. The molecule has 4 amide bonds. The van der Waals surface area contributed by atoms with Crippen molar-refractivity contribution in [3.05, 3.63) is 35.4 Å². The Morgan fingerprint density at radius 1 is 1.17 bits per heavy atom. The van der Waals surface area contributed by atoms with Crippen LogP contribution in [0.5, 0.6) is 0 Å². The molecule has 0 aromatic heterocycles. The molecule has 0 aliphatic rings. The Bertz CT molecular complexity index is 642. The van der Waals surface area contributed by atoms with Crippen LogP contribution in [0.4, 0.5) is 4.79 Å². The van der Waals surface area contributed by atoms with Crippen LogP contribution in [0.1, 0.15) is 29.8 Å². The highest BCUT2D eigenvalue weighted by Crippen LogP contribution is 2.10. The van der Waals surface area contributed by atoms with Gasteiger partial charge >= 0.3 is 12.0 Å². The quantitative estimate of drug-likeness (QED) is 0.652. The summed E-state index contributed by atoms with van der Waals surface area (Å²) in [5, 5.41) is 4.38. The van der Waals surface area contributed by atoms with Gasteiger partial charge in [-0.1, -0.05) is 32.0 Å². The SMILES string of the molecule is Cc1ccccc1C(=O)N[C@H](C(=O)OCC(=O)NC(N)=O)C(C)C. The van der Waals surface area contributed by atoms with E-state index in [9.17, 15) is 19.2 Å². The molecule has 0 aliphatic carbocycles. The summed E-state index contributed by atoms with van der Waals surface area (Å²) in [7, 11) is 0. The van der Waals surface area contributed by atoms with E-state index in [4.69, 9.17) is 10.5 Å². The maximum atomic E-state index is 12.3. The minimum atomic E-state index is -1.04. The van der Waals surface area contributed by atoms with Gasteiger partial charge in [0.05, 0.1) is 0 Å². The topological polar surface area (TPSA) is 128 Å². The Morgan fingerprint density at radius 3 is 2.33 bits per heavy atom. The number of nitrogens with one attached hydrogen (secondary N) is 2. The van der Waals surface area contributed by atoms with E-state index >= 15 is 0 Å². The second-order valence-corrected chi connectivity index (χ2v) is 5.53. The van der Waals surface area contributed by atoms with Gasteiger partial charge in [0.1, 0.15) is 6.04 Å². The van der Waals surface area contributed by atoms with Crippen LogP contribution >= 0.6 is 0 Å². The molecular weight excluding hydrogens is 314 g/mol. The first kappa shape index (κ1) is 19.1. The van der Waals surface area contributed by atoms with Gasteiger partial charge < -0.3 is 15.8 Å². The minimum Gasteiger partial charge on any atom is -0.454 e. The lowest BCUT2D eigenvalue weighted by molar-refractivity contribution is -0.151. The molecule has 0 saturated carbocycles. The van der Waals surface area contributed by atoms with Gasteiger partial charge in [-0.15, -0.1) is 0 Å². The summed E-state index contributed by atoms with van der Waals surface area (Å²) < 4.78 is 4.82. The van der Waals surface area contributed by atoms with Crippen LogP contribution in [0.15, 0.2) is 24.3 Å². The van der Waals surface area contributed by atoms with Crippen molar-refractivity contribution in [3.63, 3.8) is 0 Å². The zero-order valence-corrected chi connectivity index (χ0v) is 13.8. The number of benzene rings is 1. The van der Waals surface area contributed by atoms with E-state index in [1.807, 2.05) is 0 Å². The van der Waals surface area contributed by atoms with Crippen LogP contribution in [0.25, 0.3) is 0 Å². The lowest BCUT2D eigenvalue weighted by Gasteiger charge is -2.21. The average molecular weight is 335 g/mol. The van der Waals surface area contributed by atoms with Crippen LogP contribution in [0.2, 0.25) is 0 Å². The van der Waals surface area contributed by atoms with E-state index in [2.05, 4.69) is 5.32 Å². The molecule has 0 unspecified atom stereocenters. The number of aryl methyl sites for hydroxylation is 1. The van der Waals surface area contributed by atoms with Crippen molar-refractivity contribution in [2.75, 3.05) is 6.61 Å². The van der Waals surface area contributed by atoms with Crippen LogP contribution < -0.4 is 16.4 Å². The molecule has 0 spiro atoms. The highest BCUT2D eigenvalue weighted by atomic mass is 16.5. The number of primary amides is 1. The van der Waals surface area contributed by atoms with E-state index in [0.29, 0.717) is 5.56 Å². The first-order chi connectivity index (χ1) is 11.2. The van der Waals surface area contributed by atoms with Crippen LogP contribution in [0.3, 0.4) is 0 Å². The van der Waals surface area contributed by atoms with Crippen molar-refractivity contribution in [1.82, 2.24) is 10.6 Å². The van der Waals surface area contributed by atoms with Crippen LogP contribution in [-0.4, -0.2) is 36.5 Å². The van der Waals surface area contributed by atoms with Gasteiger partial charge in [-0.05, 0) is 24.5 Å². The third kappa shape index (κ3) is 5.71. The molecule has 8 nitrogen and oxygen atoms in total. The molecule has 1 atom stereocenters. The summed E-state index contributed by atoms with van der Waals surface area (Å²) in [4.78, 5) is 46.2. The molecule has 130 valence electrons. The Balaban J connectivity index is 2.71. The smallest absolute Gasteiger partial charge is 0.329 e. The van der Waals surface area contributed by atoms with Crippen LogP contribution in [0, 0.1) is 12.8 Å². The molecule has 1 aromatic rings. The number of carbonyl (C=O) groups is 4. The normalized spacial score (nSPS) is 11.5. The highest BCUT2D eigenvalue weighted by molar-refractivity contribution is 5.98. The number of amides is 4. The van der Waals surface area contributed by atoms with Gasteiger partial charge in [0.25, 0.3) is 11.8 Å². The van der Waals surface area contributed by atoms with Crippen molar-refractivity contribution in [1.29, 1.82) is 0 Å². The molecule has 24 heavy (non-hydrogen) atoms. The van der Waals surface area contributed by atoms with E-state index < -0.39 is 36.5 Å². The molecule has 0 fully saturated rings. The molecule has 0 heterocycles. The lowest BCUT2D eigenvalue weighted by atomic mass is 10.0. The van der Waals surface area contributed by atoms with E-state index in [1.54, 1.807) is 50.4 Å². The summed E-state index contributed by atoms with van der Waals surface area (Å²) in [5.74, 6) is -2.29. The zero-order valence-electron chi connectivity index (χ0n) is 13.8. The van der Waals surface area contributed by atoms with Crippen molar-refractivity contribution in [2.24, 2.45) is 11.7 Å². The van der Waals surface area contributed by atoms with E-state index in [1.165, 1.54) is 0 Å². The monoisotopic (exact) mass is 335 g/mol. The molecule has 0 bridgehead atoms. The second kappa shape index (κ2) is 8.66. The molecule has 1 aromatic carbocycles. The number of carbonyl (C=O) groups excluding carboxylic acids is 4. The molecule has 8 heteroatoms. The first-order valence-electron chi connectivity index (χ1n) is 7.34. The standard InChI is InChI=1S/C16H21N3O5/c1-9(2)13(15(22)24-8-12(20)18-16(17)23)19-14(21)11-7-5-4-6-10(11)3/h4-7,9,13H,8H2,1-3H3,(H,19,21)(H3,17,18,20,23)/t13-/m0/s1. The number of nitrogens with two attached hydrogens (primary N) is 1. The third-order valence-electron chi connectivity index (χ3n) is 3.21. The fourth-order valence-corrected chi connectivity index (χ4v) is 1.94. The molecule has 1 rings (SSSR count). The van der Waals surface area contributed by atoms with Gasteiger partial charge in [-0.3, -0.25) is 14.9 Å². The number of urea groups is 1. The van der Waals surface area contributed by atoms with Gasteiger partial charge in [-0.2, -0.15) is 0 Å². The summed E-state index contributed by atoms with van der Waals surface area (Å²) >= 11 is 0. The number of ether oxygens (including phenoxy) is 1. The molecule has 0 saturated heterocycles. The second-order valence-electron chi connectivity index (χ2n) is 5.53. The zero-order chi connectivity index (χ0) is 18.3. The Morgan fingerprint density at radius 2 is 1.79 bits per heavy atom. The van der Waals surface area contributed by atoms with Crippen molar-refractivity contribution < 1.29 is 23.9 Å². The summed E-state index contributed by atoms with van der Waals surface area (Å²) in [6.07, 6.45) is 0. The first-order valence-corrected chi connectivity index (χ1v) is 7.34. The molecular formula is C16H21N3O5.